The average molecular weight is 272 g/mol. The van der Waals surface area contributed by atoms with Crippen molar-refractivity contribution in [2.24, 2.45) is 0 Å². The van der Waals surface area contributed by atoms with E-state index in [-0.39, 0.29) is 5.56 Å². The second-order valence-corrected chi connectivity index (χ2v) is 4.76. The van der Waals surface area contributed by atoms with Gasteiger partial charge in [0, 0.05) is 17.8 Å². The number of benzene rings is 1. The monoisotopic (exact) mass is 272 g/mol. The van der Waals surface area contributed by atoms with E-state index < -0.39 is 5.82 Å². The van der Waals surface area contributed by atoms with Crippen molar-refractivity contribution in [3.8, 4) is 6.07 Å². The van der Waals surface area contributed by atoms with Crippen molar-refractivity contribution >= 4 is 0 Å². The molecule has 1 heterocycles. The summed E-state index contributed by atoms with van der Waals surface area (Å²) >= 11 is 0. The highest BCUT2D eigenvalue weighted by molar-refractivity contribution is 5.35. The smallest absolute Gasteiger partial charge is 0.140 e. The molecule has 5 heteroatoms. The minimum atomic E-state index is -0.486. The first-order chi connectivity index (χ1) is 9.56. The Bertz CT molecular complexity index is 667. The van der Waals surface area contributed by atoms with Crippen molar-refractivity contribution < 1.29 is 4.39 Å². The van der Waals surface area contributed by atoms with Crippen molar-refractivity contribution in [3.63, 3.8) is 0 Å². The molecule has 0 fully saturated rings. The van der Waals surface area contributed by atoms with Crippen LogP contribution in [0.2, 0.25) is 0 Å². The standard InChI is InChI=1S/C15H17FN4/c1-10-14(8-18-3)11(2)20(19-10)9-12-4-5-15(16)13(6-12)7-17/h4-6,18H,8-9H2,1-3H3. The third-order valence-electron chi connectivity index (χ3n) is 3.37. The molecule has 0 aliphatic rings. The van der Waals surface area contributed by atoms with Crippen molar-refractivity contribution in [2.75, 3.05) is 7.05 Å². The van der Waals surface area contributed by atoms with Gasteiger partial charge in [0.25, 0.3) is 0 Å². The number of nitrogens with one attached hydrogen (secondary N) is 1. The molecule has 0 bridgehead atoms. The first-order valence-electron chi connectivity index (χ1n) is 6.42. The van der Waals surface area contributed by atoms with Gasteiger partial charge in [-0.15, -0.1) is 0 Å². The fourth-order valence-corrected chi connectivity index (χ4v) is 2.25. The Labute approximate surface area is 117 Å². The van der Waals surface area contributed by atoms with Crippen LogP contribution in [0.3, 0.4) is 0 Å². The molecule has 0 saturated carbocycles. The number of rotatable bonds is 4. The van der Waals surface area contributed by atoms with Gasteiger partial charge in [-0.3, -0.25) is 4.68 Å². The van der Waals surface area contributed by atoms with Gasteiger partial charge in [-0.05, 0) is 38.6 Å². The SMILES string of the molecule is CNCc1c(C)nn(Cc2ccc(F)c(C#N)c2)c1C. The Morgan fingerprint density at radius 1 is 1.40 bits per heavy atom. The second-order valence-electron chi connectivity index (χ2n) is 4.76. The summed E-state index contributed by atoms with van der Waals surface area (Å²) in [5.41, 5.74) is 4.18. The van der Waals surface area contributed by atoms with E-state index >= 15 is 0 Å². The van der Waals surface area contributed by atoms with Gasteiger partial charge >= 0.3 is 0 Å². The predicted octanol–water partition coefficient (Wildman–Crippen LogP) is 2.28. The zero-order chi connectivity index (χ0) is 14.7. The van der Waals surface area contributed by atoms with Gasteiger partial charge in [0.15, 0.2) is 0 Å². The lowest BCUT2D eigenvalue weighted by molar-refractivity contribution is 0.618. The third-order valence-corrected chi connectivity index (χ3v) is 3.37. The van der Waals surface area contributed by atoms with Gasteiger partial charge in [-0.25, -0.2) is 4.39 Å². The van der Waals surface area contributed by atoms with Crippen LogP contribution in [-0.2, 0) is 13.1 Å². The van der Waals surface area contributed by atoms with E-state index in [0.717, 1.165) is 23.5 Å². The van der Waals surface area contributed by atoms with Crippen LogP contribution < -0.4 is 5.32 Å². The zero-order valence-corrected chi connectivity index (χ0v) is 11.9. The van der Waals surface area contributed by atoms with Crippen LogP contribution in [0.4, 0.5) is 4.39 Å². The third kappa shape index (κ3) is 2.70. The predicted molar refractivity (Wildman–Crippen MR) is 74.7 cm³/mol. The van der Waals surface area contributed by atoms with E-state index in [2.05, 4.69) is 10.4 Å². The lowest BCUT2D eigenvalue weighted by atomic mass is 10.1. The summed E-state index contributed by atoms with van der Waals surface area (Å²) < 4.78 is 15.2. The number of aryl methyl sites for hydroxylation is 1. The molecule has 0 atom stereocenters. The van der Waals surface area contributed by atoms with E-state index in [4.69, 9.17) is 5.26 Å². The largest absolute Gasteiger partial charge is 0.316 e. The van der Waals surface area contributed by atoms with Crippen LogP contribution in [-0.4, -0.2) is 16.8 Å². The van der Waals surface area contributed by atoms with Gasteiger partial charge in [0.2, 0.25) is 0 Å². The normalized spacial score (nSPS) is 10.6. The molecule has 0 radical (unpaired) electrons. The number of halogens is 1. The maximum absolute atomic E-state index is 13.3. The number of hydrogen-bond acceptors (Lipinski definition) is 3. The number of nitrogens with zero attached hydrogens (tertiary/aromatic N) is 3. The first kappa shape index (κ1) is 14.2. The van der Waals surface area contributed by atoms with Crippen LogP contribution in [0.15, 0.2) is 18.2 Å². The van der Waals surface area contributed by atoms with Gasteiger partial charge in [-0.1, -0.05) is 6.07 Å². The summed E-state index contributed by atoms with van der Waals surface area (Å²) in [6.07, 6.45) is 0. The Balaban J connectivity index is 2.31. The quantitative estimate of drug-likeness (QED) is 0.929. The molecule has 2 rings (SSSR count). The molecule has 20 heavy (non-hydrogen) atoms. The average Bonchev–Trinajstić information content (AvgIpc) is 2.69. The highest BCUT2D eigenvalue weighted by Crippen LogP contribution is 2.16. The van der Waals surface area contributed by atoms with Gasteiger partial charge in [0.1, 0.15) is 11.9 Å². The minimum absolute atomic E-state index is 0.0690. The minimum Gasteiger partial charge on any atom is -0.316 e. The summed E-state index contributed by atoms with van der Waals surface area (Å²) in [6, 6.07) is 6.44. The molecular weight excluding hydrogens is 255 g/mol. The zero-order valence-electron chi connectivity index (χ0n) is 11.9. The van der Waals surface area contributed by atoms with Crippen LogP contribution in [0.5, 0.6) is 0 Å². The van der Waals surface area contributed by atoms with Crippen molar-refractivity contribution in [2.45, 2.75) is 26.9 Å². The Kier molecular flexibility index (Phi) is 4.16. The maximum Gasteiger partial charge on any atom is 0.140 e. The molecule has 0 spiro atoms. The number of nitriles is 1. The molecule has 1 aromatic carbocycles. The summed E-state index contributed by atoms with van der Waals surface area (Å²) in [5.74, 6) is -0.486. The summed E-state index contributed by atoms with van der Waals surface area (Å²) in [5, 5.41) is 16.5. The molecule has 4 nitrogen and oxygen atoms in total. The van der Waals surface area contributed by atoms with Gasteiger partial charge in [0.05, 0.1) is 17.8 Å². The van der Waals surface area contributed by atoms with E-state index in [1.165, 1.54) is 11.6 Å². The maximum atomic E-state index is 13.3. The number of aromatic nitrogens is 2. The second kappa shape index (κ2) is 5.85. The van der Waals surface area contributed by atoms with Gasteiger partial charge < -0.3 is 5.32 Å². The highest BCUT2D eigenvalue weighted by atomic mass is 19.1. The molecule has 0 amide bonds. The summed E-state index contributed by atoms with van der Waals surface area (Å²) in [7, 11) is 1.90. The van der Waals surface area contributed by atoms with Crippen LogP contribution in [0.25, 0.3) is 0 Å². The van der Waals surface area contributed by atoms with Crippen molar-refractivity contribution in [1.82, 2.24) is 15.1 Å². The highest BCUT2D eigenvalue weighted by Gasteiger charge is 2.11. The molecule has 104 valence electrons. The van der Waals surface area contributed by atoms with Crippen molar-refractivity contribution in [3.05, 3.63) is 52.1 Å². The van der Waals surface area contributed by atoms with Crippen LogP contribution in [0, 0.1) is 31.0 Å². The Morgan fingerprint density at radius 3 is 2.80 bits per heavy atom. The molecule has 0 aliphatic heterocycles. The molecule has 0 unspecified atom stereocenters. The molecule has 2 aromatic rings. The van der Waals surface area contributed by atoms with Crippen LogP contribution >= 0.6 is 0 Å². The fourth-order valence-electron chi connectivity index (χ4n) is 2.25. The summed E-state index contributed by atoms with van der Waals surface area (Å²) in [6.45, 7) is 5.29. The lowest BCUT2D eigenvalue weighted by Gasteiger charge is -2.06. The summed E-state index contributed by atoms with van der Waals surface area (Å²) in [4.78, 5) is 0. The molecular formula is C15H17FN4. The van der Waals surface area contributed by atoms with E-state index in [0.29, 0.717) is 6.54 Å². The molecule has 0 saturated heterocycles. The number of hydrogen-bond donors (Lipinski definition) is 1. The fraction of sp³-hybridized carbons (Fsp3) is 0.333. The molecule has 1 N–H and O–H groups in total. The van der Waals surface area contributed by atoms with Crippen LogP contribution in [0.1, 0.15) is 28.1 Å². The Morgan fingerprint density at radius 2 is 2.15 bits per heavy atom. The van der Waals surface area contributed by atoms with E-state index in [1.54, 1.807) is 12.1 Å². The van der Waals surface area contributed by atoms with Crippen molar-refractivity contribution in [1.29, 1.82) is 5.26 Å². The molecule has 1 aromatic heterocycles. The van der Waals surface area contributed by atoms with E-state index in [1.807, 2.05) is 31.6 Å². The Hall–Kier alpha value is -2.19. The lowest BCUT2D eigenvalue weighted by Crippen LogP contribution is -2.08. The topological polar surface area (TPSA) is 53.6 Å². The van der Waals surface area contributed by atoms with Gasteiger partial charge in [-0.2, -0.15) is 10.4 Å². The first-order valence-corrected chi connectivity index (χ1v) is 6.42. The molecule has 0 aliphatic carbocycles. The van der Waals surface area contributed by atoms with E-state index in [9.17, 15) is 4.39 Å².